The molecule has 0 amide bonds. The average Bonchev–Trinajstić information content (AvgIpc) is 2.36. The van der Waals surface area contributed by atoms with E-state index in [0.717, 1.165) is 28.5 Å². The highest BCUT2D eigenvalue weighted by Crippen LogP contribution is 2.34. The Morgan fingerprint density at radius 2 is 1.52 bits per heavy atom. The summed E-state index contributed by atoms with van der Waals surface area (Å²) >= 11 is 6.49. The highest BCUT2D eigenvalue weighted by Gasteiger charge is 2.17. The summed E-state index contributed by atoms with van der Waals surface area (Å²) in [6.07, 6.45) is 1.16. The Hall–Kier alpha value is -1.39. The molecular formula is C16H16ClFO2S. The number of hydrogen-bond acceptors (Lipinski definition) is 2. The zero-order chi connectivity index (χ0) is 15.8. The molecule has 112 valence electrons. The molecule has 2 rings (SSSR count). The van der Waals surface area contributed by atoms with E-state index in [1.807, 2.05) is 13.8 Å². The van der Waals surface area contributed by atoms with Crippen LogP contribution in [0.3, 0.4) is 0 Å². The summed E-state index contributed by atoms with van der Waals surface area (Å²) < 4.78 is 36.3. The lowest BCUT2D eigenvalue weighted by molar-refractivity contribution is 0.602. The molecule has 0 N–H and O–H groups in total. The first-order valence-corrected chi connectivity index (χ1v) is 8.73. The van der Waals surface area contributed by atoms with Gasteiger partial charge in [0.1, 0.15) is 5.82 Å². The lowest BCUT2D eigenvalue weighted by Crippen LogP contribution is -2.02. The summed E-state index contributed by atoms with van der Waals surface area (Å²) in [5.41, 5.74) is 3.19. The number of benzene rings is 2. The van der Waals surface area contributed by atoms with Gasteiger partial charge in [-0.2, -0.15) is 0 Å². The van der Waals surface area contributed by atoms with E-state index in [-0.39, 0.29) is 10.7 Å². The summed E-state index contributed by atoms with van der Waals surface area (Å²) in [5.74, 6) is -0.287. The van der Waals surface area contributed by atoms with Gasteiger partial charge in [0, 0.05) is 6.26 Å². The van der Waals surface area contributed by atoms with Crippen molar-refractivity contribution in [3.8, 4) is 0 Å². The summed E-state index contributed by atoms with van der Waals surface area (Å²) in [4.78, 5) is 0.252. The van der Waals surface area contributed by atoms with Gasteiger partial charge < -0.3 is 0 Å². The zero-order valence-corrected chi connectivity index (χ0v) is 13.6. The van der Waals surface area contributed by atoms with Gasteiger partial charge in [-0.05, 0) is 60.4 Å². The van der Waals surface area contributed by atoms with Gasteiger partial charge >= 0.3 is 0 Å². The van der Waals surface area contributed by atoms with Gasteiger partial charge in [-0.1, -0.05) is 12.1 Å². The fraction of sp³-hybridized carbons (Fsp3) is 0.250. The standard InChI is InChI=1S/C16H16ClFO2S/c1-10-8-13(18)9-11(2)15(10)16(17)12-4-6-14(7-5-12)21(3,19)20/h4-9,16H,1-3H3. The topological polar surface area (TPSA) is 34.1 Å². The van der Waals surface area contributed by atoms with Gasteiger partial charge in [-0.3, -0.25) is 0 Å². The van der Waals surface area contributed by atoms with E-state index < -0.39 is 15.2 Å². The lowest BCUT2D eigenvalue weighted by Gasteiger charge is -2.16. The van der Waals surface area contributed by atoms with Crippen LogP contribution in [0, 0.1) is 19.7 Å². The molecule has 0 bridgehead atoms. The van der Waals surface area contributed by atoms with Crippen LogP contribution in [0.4, 0.5) is 4.39 Å². The molecular weight excluding hydrogens is 311 g/mol. The maximum absolute atomic E-state index is 13.3. The molecule has 1 unspecified atom stereocenters. The van der Waals surface area contributed by atoms with Crippen LogP contribution >= 0.6 is 11.6 Å². The van der Waals surface area contributed by atoms with Crippen molar-refractivity contribution in [2.75, 3.05) is 6.26 Å². The summed E-state index contributed by atoms with van der Waals surface area (Å²) in [5, 5.41) is -0.445. The smallest absolute Gasteiger partial charge is 0.175 e. The zero-order valence-electron chi connectivity index (χ0n) is 12.0. The van der Waals surface area contributed by atoms with Crippen molar-refractivity contribution in [2.24, 2.45) is 0 Å². The van der Waals surface area contributed by atoms with E-state index in [2.05, 4.69) is 0 Å². The van der Waals surface area contributed by atoms with Crippen LogP contribution in [0.5, 0.6) is 0 Å². The van der Waals surface area contributed by atoms with Crippen molar-refractivity contribution in [3.05, 3.63) is 64.5 Å². The lowest BCUT2D eigenvalue weighted by atomic mass is 9.95. The van der Waals surface area contributed by atoms with E-state index in [0.29, 0.717) is 0 Å². The molecule has 0 aliphatic rings. The number of halogens is 2. The first-order chi connectivity index (χ1) is 9.70. The second-order valence-corrected chi connectivity index (χ2v) is 7.61. The van der Waals surface area contributed by atoms with Gasteiger partial charge in [0.25, 0.3) is 0 Å². The molecule has 21 heavy (non-hydrogen) atoms. The Balaban J connectivity index is 2.44. The minimum Gasteiger partial charge on any atom is -0.224 e. The van der Waals surface area contributed by atoms with Crippen molar-refractivity contribution >= 4 is 21.4 Å². The predicted molar refractivity (Wildman–Crippen MR) is 83.1 cm³/mol. The fourth-order valence-electron chi connectivity index (χ4n) is 2.37. The molecule has 2 nitrogen and oxygen atoms in total. The van der Waals surface area contributed by atoms with Crippen molar-refractivity contribution in [1.82, 2.24) is 0 Å². The number of hydrogen-bond donors (Lipinski definition) is 0. The van der Waals surface area contributed by atoms with Crippen LogP contribution in [0.2, 0.25) is 0 Å². The third kappa shape index (κ3) is 3.44. The highest BCUT2D eigenvalue weighted by molar-refractivity contribution is 7.90. The SMILES string of the molecule is Cc1cc(F)cc(C)c1C(Cl)c1ccc(S(C)(=O)=O)cc1. The normalized spacial score (nSPS) is 13.2. The summed E-state index contributed by atoms with van der Waals surface area (Å²) in [6.45, 7) is 3.62. The van der Waals surface area contributed by atoms with E-state index in [1.54, 1.807) is 12.1 Å². The van der Waals surface area contributed by atoms with Crippen LogP contribution < -0.4 is 0 Å². The molecule has 0 aliphatic heterocycles. The molecule has 0 saturated carbocycles. The first kappa shape index (κ1) is 16.0. The highest BCUT2D eigenvalue weighted by atomic mass is 35.5. The Bertz CT molecular complexity index is 744. The van der Waals surface area contributed by atoms with Crippen molar-refractivity contribution in [3.63, 3.8) is 0 Å². The Labute approximate surface area is 129 Å². The maximum atomic E-state index is 13.3. The molecule has 0 saturated heterocycles. The molecule has 5 heteroatoms. The first-order valence-electron chi connectivity index (χ1n) is 6.41. The monoisotopic (exact) mass is 326 g/mol. The molecule has 0 aliphatic carbocycles. The Kier molecular flexibility index (Phi) is 4.40. The molecule has 0 heterocycles. The van der Waals surface area contributed by atoms with Crippen LogP contribution in [-0.4, -0.2) is 14.7 Å². The van der Waals surface area contributed by atoms with Gasteiger partial charge in [-0.25, -0.2) is 12.8 Å². The van der Waals surface area contributed by atoms with Crippen LogP contribution in [0.25, 0.3) is 0 Å². The van der Waals surface area contributed by atoms with Gasteiger partial charge in [0.15, 0.2) is 9.84 Å². The van der Waals surface area contributed by atoms with Crippen LogP contribution in [-0.2, 0) is 9.84 Å². The number of sulfone groups is 1. The fourth-order valence-corrected chi connectivity index (χ4v) is 3.49. The average molecular weight is 327 g/mol. The molecule has 1 atom stereocenters. The van der Waals surface area contributed by atoms with Crippen molar-refractivity contribution < 1.29 is 12.8 Å². The maximum Gasteiger partial charge on any atom is 0.175 e. The van der Waals surface area contributed by atoms with Gasteiger partial charge in [0.05, 0.1) is 10.3 Å². The Morgan fingerprint density at radius 3 is 1.95 bits per heavy atom. The van der Waals surface area contributed by atoms with Gasteiger partial charge in [0.2, 0.25) is 0 Å². The molecule has 2 aromatic carbocycles. The van der Waals surface area contributed by atoms with Crippen LogP contribution in [0.15, 0.2) is 41.3 Å². The van der Waals surface area contributed by atoms with E-state index >= 15 is 0 Å². The van der Waals surface area contributed by atoms with Crippen molar-refractivity contribution in [1.29, 1.82) is 0 Å². The Morgan fingerprint density at radius 1 is 1.05 bits per heavy atom. The van der Waals surface area contributed by atoms with E-state index in [9.17, 15) is 12.8 Å². The largest absolute Gasteiger partial charge is 0.224 e. The molecule has 0 aromatic heterocycles. The third-order valence-corrected chi connectivity index (χ3v) is 5.01. The number of rotatable bonds is 3. The van der Waals surface area contributed by atoms with Crippen molar-refractivity contribution in [2.45, 2.75) is 24.1 Å². The summed E-state index contributed by atoms with van der Waals surface area (Å²) in [6, 6.07) is 9.35. The third-order valence-electron chi connectivity index (χ3n) is 3.41. The summed E-state index contributed by atoms with van der Waals surface area (Å²) in [7, 11) is -3.22. The van der Waals surface area contributed by atoms with E-state index in [1.165, 1.54) is 24.3 Å². The second kappa shape index (κ2) is 5.78. The second-order valence-electron chi connectivity index (χ2n) is 5.16. The minimum atomic E-state index is -3.22. The minimum absolute atomic E-state index is 0.252. The van der Waals surface area contributed by atoms with Crippen LogP contribution in [0.1, 0.15) is 27.6 Å². The molecule has 0 radical (unpaired) electrons. The molecule has 0 spiro atoms. The molecule has 0 fully saturated rings. The van der Waals surface area contributed by atoms with Gasteiger partial charge in [-0.15, -0.1) is 11.6 Å². The molecule has 2 aromatic rings. The quantitative estimate of drug-likeness (QED) is 0.793. The number of aryl methyl sites for hydroxylation is 2. The predicted octanol–water partition coefficient (Wildman–Crippen LogP) is 4.17. The van der Waals surface area contributed by atoms with E-state index in [4.69, 9.17) is 11.6 Å². The number of alkyl halides is 1.